The molecule has 0 radical (unpaired) electrons. The van der Waals surface area contributed by atoms with E-state index in [1.165, 1.54) is 38.5 Å². The zero-order valence-electron chi connectivity index (χ0n) is 7.68. The van der Waals surface area contributed by atoms with Crippen LogP contribution in [0.2, 0.25) is 0 Å². The first-order chi connectivity index (χ1) is 5.41. The summed E-state index contributed by atoms with van der Waals surface area (Å²) in [5.74, 6) is 0. The molecule has 0 saturated heterocycles. The molecule has 0 unspecified atom stereocenters. The Bertz CT molecular complexity index is 90.6. The van der Waals surface area contributed by atoms with E-state index in [0.29, 0.717) is 0 Å². The molecule has 0 aromatic heterocycles. The van der Waals surface area contributed by atoms with E-state index >= 15 is 0 Å². The lowest BCUT2D eigenvalue weighted by atomic mass is 10.1. The number of rotatable bonds is 0. The minimum atomic E-state index is 1.32. The molecule has 0 aromatic carbocycles. The summed E-state index contributed by atoms with van der Waals surface area (Å²) >= 11 is 0. The van der Waals surface area contributed by atoms with Crippen molar-refractivity contribution < 1.29 is 0 Å². The van der Waals surface area contributed by atoms with Crippen molar-refractivity contribution in [2.24, 2.45) is 0 Å². The molecule has 0 fully saturated rings. The summed E-state index contributed by atoms with van der Waals surface area (Å²) in [4.78, 5) is 0. The van der Waals surface area contributed by atoms with Gasteiger partial charge in [0, 0.05) is 0 Å². The Balaban J connectivity index is 0.000000292. The fourth-order valence-electron chi connectivity index (χ4n) is 1.11. The van der Waals surface area contributed by atoms with E-state index in [2.05, 4.69) is 18.7 Å². The molecule has 0 N–H and O–H groups in total. The summed E-state index contributed by atoms with van der Waals surface area (Å²) in [6.07, 6.45) is 14.8. The fourth-order valence-corrected chi connectivity index (χ4v) is 1.11. The molecule has 0 heteroatoms. The van der Waals surface area contributed by atoms with Gasteiger partial charge in [-0.05, 0) is 32.6 Å². The van der Waals surface area contributed by atoms with Crippen molar-refractivity contribution in [3.05, 3.63) is 24.8 Å². The third kappa shape index (κ3) is 9.48. The summed E-state index contributed by atoms with van der Waals surface area (Å²) in [6, 6.07) is 0. The molecule has 0 spiro atoms. The zero-order chi connectivity index (χ0) is 8.36. The third-order valence-electron chi connectivity index (χ3n) is 1.66. The van der Waals surface area contributed by atoms with Crippen LogP contribution in [0.25, 0.3) is 0 Å². The molecule has 0 nitrogen and oxygen atoms in total. The standard InChI is InChI=1S/C8H14.C3H6/c1-2-4-6-8-7-5-3-1;1-3-2/h1-2H,3-8H2;3H,1H2,2H3/b2-1-;. The molecule has 0 saturated carbocycles. The lowest BCUT2D eigenvalue weighted by Crippen LogP contribution is -1.80. The smallest absolute Gasteiger partial charge is 0.0351 e. The van der Waals surface area contributed by atoms with E-state index in [-0.39, 0.29) is 0 Å². The Morgan fingerprint density at radius 3 is 1.73 bits per heavy atom. The van der Waals surface area contributed by atoms with E-state index in [1.54, 1.807) is 6.08 Å². The van der Waals surface area contributed by atoms with Gasteiger partial charge in [0.25, 0.3) is 0 Å². The average Bonchev–Trinajstić information content (AvgIpc) is 1.86. The normalized spacial score (nSPS) is 20.1. The van der Waals surface area contributed by atoms with Crippen molar-refractivity contribution in [2.45, 2.75) is 45.4 Å². The lowest BCUT2D eigenvalue weighted by Gasteiger charge is -2.00. The van der Waals surface area contributed by atoms with Crippen LogP contribution in [-0.2, 0) is 0 Å². The van der Waals surface area contributed by atoms with Gasteiger partial charge in [-0.15, -0.1) is 6.58 Å². The van der Waals surface area contributed by atoms with Crippen LogP contribution in [0.5, 0.6) is 0 Å². The molecular weight excluding hydrogens is 132 g/mol. The van der Waals surface area contributed by atoms with Gasteiger partial charge in [0.15, 0.2) is 0 Å². The van der Waals surface area contributed by atoms with Crippen molar-refractivity contribution in [1.82, 2.24) is 0 Å². The van der Waals surface area contributed by atoms with Gasteiger partial charge >= 0.3 is 0 Å². The topological polar surface area (TPSA) is 0 Å². The number of hydrogen-bond donors (Lipinski definition) is 0. The molecule has 0 heterocycles. The molecule has 64 valence electrons. The van der Waals surface area contributed by atoms with Crippen LogP contribution in [-0.4, -0.2) is 0 Å². The molecule has 0 aliphatic heterocycles. The maximum absolute atomic E-state index is 3.36. The van der Waals surface area contributed by atoms with Crippen molar-refractivity contribution in [1.29, 1.82) is 0 Å². The summed E-state index contributed by atoms with van der Waals surface area (Å²) in [7, 11) is 0. The van der Waals surface area contributed by atoms with Crippen LogP contribution in [0.3, 0.4) is 0 Å². The van der Waals surface area contributed by atoms with Crippen LogP contribution in [0.15, 0.2) is 24.8 Å². The van der Waals surface area contributed by atoms with Gasteiger partial charge in [0.2, 0.25) is 0 Å². The monoisotopic (exact) mass is 152 g/mol. The van der Waals surface area contributed by atoms with Gasteiger partial charge in [-0.3, -0.25) is 0 Å². The Morgan fingerprint density at radius 2 is 1.36 bits per heavy atom. The molecule has 1 aliphatic carbocycles. The average molecular weight is 152 g/mol. The van der Waals surface area contributed by atoms with Crippen LogP contribution < -0.4 is 0 Å². The Hall–Kier alpha value is -0.520. The minimum absolute atomic E-state index is 1.32. The second kappa shape index (κ2) is 9.48. The van der Waals surface area contributed by atoms with E-state index in [9.17, 15) is 0 Å². The Labute approximate surface area is 71.0 Å². The molecule has 1 rings (SSSR count). The Morgan fingerprint density at radius 1 is 1.00 bits per heavy atom. The summed E-state index contributed by atoms with van der Waals surface area (Å²) < 4.78 is 0. The van der Waals surface area contributed by atoms with Gasteiger partial charge in [0.1, 0.15) is 0 Å². The second-order valence-corrected chi connectivity index (χ2v) is 2.87. The van der Waals surface area contributed by atoms with E-state index in [1.807, 2.05) is 6.92 Å². The summed E-state index contributed by atoms with van der Waals surface area (Å²) in [6.45, 7) is 5.25. The summed E-state index contributed by atoms with van der Waals surface area (Å²) in [5, 5.41) is 0. The molecule has 1 aliphatic rings. The fraction of sp³-hybridized carbons (Fsp3) is 0.636. The van der Waals surface area contributed by atoms with Gasteiger partial charge < -0.3 is 0 Å². The SMILES string of the molecule is C1=C\CCCCCC/1.C=CC. The van der Waals surface area contributed by atoms with Crippen LogP contribution in [0.1, 0.15) is 45.4 Å². The third-order valence-corrected chi connectivity index (χ3v) is 1.66. The van der Waals surface area contributed by atoms with E-state index in [0.717, 1.165) is 0 Å². The molecule has 0 aromatic rings. The van der Waals surface area contributed by atoms with Crippen molar-refractivity contribution >= 4 is 0 Å². The van der Waals surface area contributed by atoms with Gasteiger partial charge in [-0.2, -0.15) is 0 Å². The molecule has 0 atom stereocenters. The summed E-state index contributed by atoms with van der Waals surface area (Å²) in [5.41, 5.74) is 0. The van der Waals surface area contributed by atoms with Gasteiger partial charge in [-0.25, -0.2) is 0 Å². The highest BCUT2D eigenvalue weighted by molar-refractivity contribution is 4.82. The zero-order valence-corrected chi connectivity index (χ0v) is 7.68. The van der Waals surface area contributed by atoms with Crippen LogP contribution in [0.4, 0.5) is 0 Å². The molecule has 0 amide bonds. The second-order valence-electron chi connectivity index (χ2n) is 2.87. The highest BCUT2D eigenvalue weighted by Crippen LogP contribution is 2.09. The first-order valence-corrected chi connectivity index (χ1v) is 4.64. The minimum Gasteiger partial charge on any atom is -0.103 e. The maximum atomic E-state index is 3.36. The van der Waals surface area contributed by atoms with Crippen molar-refractivity contribution in [3.8, 4) is 0 Å². The van der Waals surface area contributed by atoms with E-state index < -0.39 is 0 Å². The predicted octanol–water partition coefficient (Wildman–Crippen LogP) is 4.09. The maximum Gasteiger partial charge on any atom is -0.0351 e. The van der Waals surface area contributed by atoms with Crippen LogP contribution >= 0.6 is 0 Å². The highest BCUT2D eigenvalue weighted by Gasteiger charge is 1.89. The predicted molar refractivity (Wildman–Crippen MR) is 52.7 cm³/mol. The first-order valence-electron chi connectivity index (χ1n) is 4.64. The van der Waals surface area contributed by atoms with Gasteiger partial charge in [0.05, 0.1) is 0 Å². The van der Waals surface area contributed by atoms with Crippen LogP contribution in [0, 0.1) is 0 Å². The Kier molecular flexibility index (Phi) is 9.03. The quantitative estimate of drug-likeness (QED) is 0.459. The lowest BCUT2D eigenvalue weighted by molar-refractivity contribution is 0.638. The molecular formula is C11H20. The molecule has 11 heavy (non-hydrogen) atoms. The molecule has 0 bridgehead atoms. The van der Waals surface area contributed by atoms with Gasteiger partial charge in [-0.1, -0.05) is 31.1 Å². The highest BCUT2D eigenvalue weighted by atomic mass is 14.0. The number of hydrogen-bond acceptors (Lipinski definition) is 0. The van der Waals surface area contributed by atoms with E-state index in [4.69, 9.17) is 0 Å². The van der Waals surface area contributed by atoms with Crippen molar-refractivity contribution in [3.63, 3.8) is 0 Å². The number of allylic oxidation sites excluding steroid dienone is 3. The first kappa shape index (κ1) is 10.5. The largest absolute Gasteiger partial charge is 0.103 e. The van der Waals surface area contributed by atoms with Crippen molar-refractivity contribution in [2.75, 3.05) is 0 Å².